The molecule has 0 saturated heterocycles. The van der Waals surface area contributed by atoms with Crippen LogP contribution >= 0.6 is 11.3 Å². The van der Waals surface area contributed by atoms with Crippen LogP contribution in [0.25, 0.3) is 11.1 Å². The standard InChI is InChI=1S/C24H18N2O5S/c27-22(16-8-9-19-20(11-16)31-14-30-19)26-24-21(23(28)25-12-17-7-4-10-29-17)18(13-32-24)15-5-2-1-3-6-15/h1-11,13H,12,14H2,(H,25,28)(H,26,27). The van der Waals surface area contributed by atoms with Crippen molar-refractivity contribution < 1.29 is 23.5 Å². The quantitative estimate of drug-likeness (QED) is 0.439. The van der Waals surface area contributed by atoms with E-state index in [2.05, 4.69) is 10.6 Å². The van der Waals surface area contributed by atoms with E-state index in [4.69, 9.17) is 13.9 Å². The molecule has 160 valence electrons. The van der Waals surface area contributed by atoms with E-state index in [1.54, 1.807) is 36.6 Å². The van der Waals surface area contributed by atoms with Crippen LogP contribution in [0.15, 0.2) is 76.7 Å². The van der Waals surface area contributed by atoms with Crippen molar-refractivity contribution in [3.05, 3.63) is 89.2 Å². The Labute approximate surface area is 187 Å². The van der Waals surface area contributed by atoms with E-state index in [1.165, 1.54) is 11.3 Å². The van der Waals surface area contributed by atoms with Crippen LogP contribution in [0, 0.1) is 0 Å². The first-order valence-corrected chi connectivity index (χ1v) is 10.8. The third-order valence-corrected chi connectivity index (χ3v) is 5.86. The van der Waals surface area contributed by atoms with E-state index >= 15 is 0 Å². The number of hydrogen-bond acceptors (Lipinski definition) is 6. The predicted octanol–water partition coefficient (Wildman–Crippen LogP) is 4.92. The maximum absolute atomic E-state index is 13.2. The van der Waals surface area contributed by atoms with Crippen molar-refractivity contribution in [3.63, 3.8) is 0 Å². The number of hydrogen-bond donors (Lipinski definition) is 2. The highest BCUT2D eigenvalue weighted by Crippen LogP contribution is 2.37. The Kier molecular flexibility index (Phi) is 5.35. The van der Waals surface area contributed by atoms with Gasteiger partial charge in [0.05, 0.1) is 18.4 Å². The van der Waals surface area contributed by atoms with Gasteiger partial charge in [0.2, 0.25) is 6.79 Å². The van der Waals surface area contributed by atoms with Crippen molar-refractivity contribution in [2.75, 3.05) is 12.1 Å². The molecule has 0 fully saturated rings. The van der Waals surface area contributed by atoms with E-state index in [0.717, 1.165) is 11.1 Å². The number of rotatable bonds is 6. The smallest absolute Gasteiger partial charge is 0.256 e. The zero-order valence-electron chi connectivity index (χ0n) is 16.8. The minimum absolute atomic E-state index is 0.131. The molecular weight excluding hydrogens is 428 g/mol. The Morgan fingerprint density at radius 3 is 2.59 bits per heavy atom. The Bertz CT molecular complexity index is 1270. The lowest BCUT2D eigenvalue weighted by molar-refractivity contribution is 0.0950. The van der Waals surface area contributed by atoms with Crippen LogP contribution in [0.1, 0.15) is 26.5 Å². The SMILES string of the molecule is O=C(Nc1scc(-c2ccccc2)c1C(=O)NCc1ccco1)c1ccc2c(c1)OCO2. The molecule has 0 saturated carbocycles. The largest absolute Gasteiger partial charge is 0.467 e. The Morgan fingerprint density at radius 2 is 1.78 bits per heavy atom. The molecule has 3 heterocycles. The van der Waals surface area contributed by atoms with Crippen LogP contribution in [0.4, 0.5) is 5.00 Å². The van der Waals surface area contributed by atoms with Gasteiger partial charge in [0.25, 0.3) is 11.8 Å². The fraction of sp³-hybridized carbons (Fsp3) is 0.0833. The summed E-state index contributed by atoms with van der Waals surface area (Å²) in [6, 6.07) is 18.1. The van der Waals surface area contributed by atoms with Crippen LogP contribution in [0.5, 0.6) is 11.5 Å². The summed E-state index contributed by atoms with van der Waals surface area (Å²) in [6.07, 6.45) is 1.55. The number of nitrogens with one attached hydrogen (secondary N) is 2. The second-order valence-electron chi connectivity index (χ2n) is 7.00. The highest BCUT2D eigenvalue weighted by atomic mass is 32.1. The lowest BCUT2D eigenvalue weighted by atomic mass is 10.0. The normalized spacial score (nSPS) is 11.9. The van der Waals surface area contributed by atoms with Gasteiger partial charge in [0, 0.05) is 16.5 Å². The molecule has 2 aromatic carbocycles. The number of carbonyl (C=O) groups is 2. The first-order valence-electron chi connectivity index (χ1n) is 9.87. The fourth-order valence-electron chi connectivity index (χ4n) is 3.39. The number of benzene rings is 2. The molecule has 8 heteroatoms. The highest BCUT2D eigenvalue weighted by Gasteiger charge is 2.23. The minimum Gasteiger partial charge on any atom is -0.467 e. The molecule has 0 radical (unpaired) electrons. The number of amides is 2. The maximum atomic E-state index is 13.2. The monoisotopic (exact) mass is 446 g/mol. The maximum Gasteiger partial charge on any atom is 0.256 e. The molecule has 2 N–H and O–H groups in total. The molecular formula is C24H18N2O5S. The van der Waals surface area contributed by atoms with Crippen molar-refractivity contribution in [2.24, 2.45) is 0 Å². The number of fused-ring (bicyclic) bond motifs is 1. The summed E-state index contributed by atoms with van der Waals surface area (Å²) in [5.41, 5.74) is 2.44. The van der Waals surface area contributed by atoms with Gasteiger partial charge in [-0.2, -0.15) is 0 Å². The first kappa shape index (κ1) is 19.9. The lowest BCUT2D eigenvalue weighted by Crippen LogP contribution is -2.24. The lowest BCUT2D eigenvalue weighted by Gasteiger charge is -2.10. The predicted molar refractivity (Wildman–Crippen MR) is 120 cm³/mol. The van der Waals surface area contributed by atoms with Crippen molar-refractivity contribution in [3.8, 4) is 22.6 Å². The van der Waals surface area contributed by atoms with Crippen LogP contribution in [-0.4, -0.2) is 18.6 Å². The van der Waals surface area contributed by atoms with Gasteiger partial charge in [-0.15, -0.1) is 11.3 Å². The molecule has 5 rings (SSSR count). The number of anilines is 1. The summed E-state index contributed by atoms with van der Waals surface area (Å²) in [5, 5.41) is 8.08. The van der Waals surface area contributed by atoms with Crippen molar-refractivity contribution in [2.45, 2.75) is 6.54 Å². The average molecular weight is 446 g/mol. The molecule has 4 aromatic rings. The van der Waals surface area contributed by atoms with E-state index < -0.39 is 0 Å². The molecule has 1 aliphatic heterocycles. The zero-order chi connectivity index (χ0) is 21.9. The fourth-order valence-corrected chi connectivity index (χ4v) is 4.35. The van der Waals surface area contributed by atoms with Gasteiger partial charge in [0.15, 0.2) is 11.5 Å². The van der Waals surface area contributed by atoms with E-state index in [1.807, 2.05) is 35.7 Å². The van der Waals surface area contributed by atoms with Gasteiger partial charge in [-0.3, -0.25) is 9.59 Å². The summed E-state index contributed by atoms with van der Waals surface area (Å²) in [6.45, 7) is 0.372. The second-order valence-corrected chi connectivity index (χ2v) is 7.88. The summed E-state index contributed by atoms with van der Waals surface area (Å²) in [7, 11) is 0. The number of thiophene rings is 1. The first-order chi connectivity index (χ1) is 15.7. The van der Waals surface area contributed by atoms with Gasteiger partial charge in [-0.1, -0.05) is 30.3 Å². The molecule has 0 spiro atoms. The van der Waals surface area contributed by atoms with Crippen molar-refractivity contribution in [1.82, 2.24) is 5.32 Å². The summed E-state index contributed by atoms with van der Waals surface area (Å²) in [4.78, 5) is 26.1. The van der Waals surface area contributed by atoms with Gasteiger partial charge in [-0.05, 0) is 35.9 Å². The summed E-state index contributed by atoms with van der Waals surface area (Å²) >= 11 is 1.30. The molecule has 2 amide bonds. The number of furan rings is 1. The third-order valence-electron chi connectivity index (χ3n) is 4.97. The Hall–Kier alpha value is -4.04. The molecule has 7 nitrogen and oxygen atoms in total. The summed E-state index contributed by atoms with van der Waals surface area (Å²) < 4.78 is 16.0. The van der Waals surface area contributed by atoms with Gasteiger partial charge in [-0.25, -0.2) is 0 Å². The van der Waals surface area contributed by atoms with Crippen molar-refractivity contribution >= 4 is 28.2 Å². The summed E-state index contributed by atoms with van der Waals surface area (Å²) in [5.74, 6) is 1.11. The second kappa shape index (κ2) is 8.60. The van der Waals surface area contributed by atoms with E-state index in [-0.39, 0.29) is 25.2 Å². The molecule has 2 aromatic heterocycles. The van der Waals surface area contributed by atoms with Crippen LogP contribution < -0.4 is 20.1 Å². The molecule has 0 unspecified atom stereocenters. The van der Waals surface area contributed by atoms with Gasteiger partial charge < -0.3 is 24.5 Å². The van der Waals surface area contributed by atoms with Crippen molar-refractivity contribution in [1.29, 1.82) is 0 Å². The van der Waals surface area contributed by atoms with Crippen LogP contribution in [0.2, 0.25) is 0 Å². The Balaban J connectivity index is 1.44. The number of ether oxygens (including phenoxy) is 2. The zero-order valence-corrected chi connectivity index (χ0v) is 17.6. The number of carbonyl (C=O) groups excluding carboxylic acids is 2. The molecule has 32 heavy (non-hydrogen) atoms. The van der Waals surface area contributed by atoms with E-state index in [0.29, 0.717) is 33.4 Å². The molecule has 1 aliphatic rings. The topological polar surface area (TPSA) is 89.8 Å². The Morgan fingerprint density at radius 1 is 0.938 bits per heavy atom. The highest BCUT2D eigenvalue weighted by molar-refractivity contribution is 7.15. The van der Waals surface area contributed by atoms with Crippen LogP contribution in [0.3, 0.4) is 0 Å². The van der Waals surface area contributed by atoms with Gasteiger partial charge in [0.1, 0.15) is 10.8 Å². The minimum atomic E-state index is -0.343. The molecule has 0 atom stereocenters. The van der Waals surface area contributed by atoms with Crippen LogP contribution in [-0.2, 0) is 6.54 Å². The van der Waals surface area contributed by atoms with Gasteiger partial charge >= 0.3 is 0 Å². The molecule has 0 aliphatic carbocycles. The average Bonchev–Trinajstić information content (AvgIpc) is 3.58. The third kappa shape index (κ3) is 3.95. The molecule has 0 bridgehead atoms. The van der Waals surface area contributed by atoms with E-state index in [9.17, 15) is 9.59 Å².